The van der Waals surface area contributed by atoms with Crippen molar-refractivity contribution in [3.63, 3.8) is 0 Å². The fourth-order valence-electron chi connectivity index (χ4n) is 2.78. The van der Waals surface area contributed by atoms with Crippen LogP contribution in [0.2, 0.25) is 0 Å². The highest BCUT2D eigenvalue weighted by atomic mass is 32.2. The predicted octanol–water partition coefficient (Wildman–Crippen LogP) is 2.93. The lowest BCUT2D eigenvalue weighted by Crippen LogP contribution is -2.43. The van der Waals surface area contributed by atoms with Crippen LogP contribution in [0.15, 0.2) is 60.2 Å². The van der Waals surface area contributed by atoms with E-state index in [1.807, 2.05) is 0 Å². The van der Waals surface area contributed by atoms with Crippen LogP contribution in [0.1, 0.15) is 11.1 Å². The van der Waals surface area contributed by atoms with E-state index in [2.05, 4.69) is 4.72 Å². The SMILES string of the molecule is O=C(O)C1=C(S(=O)(=O)NCc2ccccc2)c2ccccc2OC1C(F)(F)F. The summed E-state index contributed by atoms with van der Waals surface area (Å²) in [6.07, 6.45) is -8.04. The van der Waals surface area contributed by atoms with E-state index < -0.39 is 38.8 Å². The predicted molar refractivity (Wildman–Crippen MR) is 93.7 cm³/mol. The summed E-state index contributed by atoms with van der Waals surface area (Å²) < 4.78 is 72.9. The lowest BCUT2D eigenvalue weighted by molar-refractivity contribution is -0.187. The van der Waals surface area contributed by atoms with Gasteiger partial charge in [0.2, 0.25) is 16.1 Å². The standard InChI is InChI=1S/C18H14F3NO5S/c19-18(20,21)16-14(17(23)24)15(12-8-4-5-9-13(12)27-16)28(25,26)22-10-11-6-2-1-3-7-11/h1-9,16,22H,10H2,(H,23,24). The molecule has 0 radical (unpaired) electrons. The molecule has 2 N–H and O–H groups in total. The molecule has 0 saturated carbocycles. The molecule has 148 valence electrons. The van der Waals surface area contributed by atoms with Crippen molar-refractivity contribution in [2.45, 2.75) is 18.8 Å². The minimum Gasteiger partial charge on any atom is -0.478 e. The molecule has 0 spiro atoms. The smallest absolute Gasteiger partial charge is 0.430 e. The average Bonchev–Trinajstić information content (AvgIpc) is 2.65. The highest BCUT2D eigenvalue weighted by Gasteiger charge is 2.52. The van der Waals surface area contributed by atoms with E-state index >= 15 is 0 Å². The minimum atomic E-state index is -5.12. The molecule has 1 aliphatic heterocycles. The Bertz CT molecular complexity index is 1030. The maximum atomic E-state index is 13.4. The van der Waals surface area contributed by atoms with E-state index in [1.165, 1.54) is 18.2 Å². The number of fused-ring (bicyclic) bond motifs is 1. The number of aliphatic carboxylic acids is 1. The molecule has 3 rings (SSSR count). The zero-order valence-electron chi connectivity index (χ0n) is 14.1. The van der Waals surface area contributed by atoms with Gasteiger partial charge >= 0.3 is 12.1 Å². The molecule has 0 saturated heterocycles. The number of hydrogen-bond donors (Lipinski definition) is 2. The molecule has 1 unspecified atom stereocenters. The van der Waals surface area contributed by atoms with Gasteiger partial charge in [0.1, 0.15) is 16.2 Å². The van der Waals surface area contributed by atoms with Crippen LogP contribution in [-0.4, -0.2) is 31.8 Å². The van der Waals surface area contributed by atoms with Crippen molar-refractivity contribution in [1.82, 2.24) is 4.72 Å². The molecule has 2 aromatic rings. The Morgan fingerprint density at radius 2 is 1.68 bits per heavy atom. The van der Waals surface area contributed by atoms with E-state index in [1.54, 1.807) is 30.3 Å². The second kappa shape index (κ2) is 7.28. The second-order valence-electron chi connectivity index (χ2n) is 5.89. The van der Waals surface area contributed by atoms with Gasteiger partial charge in [-0.2, -0.15) is 13.2 Å². The third-order valence-corrected chi connectivity index (χ3v) is 5.49. The van der Waals surface area contributed by atoms with Gasteiger partial charge in [0.25, 0.3) is 0 Å². The minimum absolute atomic E-state index is 0.223. The molecule has 1 heterocycles. The maximum Gasteiger partial charge on any atom is 0.430 e. The number of halogens is 3. The average molecular weight is 413 g/mol. The number of hydrogen-bond acceptors (Lipinski definition) is 4. The number of benzene rings is 2. The highest BCUT2D eigenvalue weighted by Crippen LogP contribution is 2.43. The van der Waals surface area contributed by atoms with Crippen molar-refractivity contribution >= 4 is 20.9 Å². The van der Waals surface area contributed by atoms with Crippen molar-refractivity contribution in [3.05, 3.63) is 71.3 Å². The van der Waals surface area contributed by atoms with Crippen molar-refractivity contribution < 1.29 is 36.2 Å². The Kier molecular flexibility index (Phi) is 5.18. The lowest BCUT2D eigenvalue weighted by Gasteiger charge is -2.30. The molecule has 0 aliphatic carbocycles. The fraction of sp³-hybridized carbons (Fsp3) is 0.167. The number of carbonyl (C=O) groups is 1. The van der Waals surface area contributed by atoms with Gasteiger partial charge in [-0.15, -0.1) is 0 Å². The normalized spacial score (nSPS) is 17.0. The molecule has 28 heavy (non-hydrogen) atoms. The summed E-state index contributed by atoms with van der Waals surface area (Å²) >= 11 is 0. The second-order valence-corrected chi connectivity index (χ2v) is 7.60. The molecule has 2 aromatic carbocycles. The number of nitrogens with one attached hydrogen (secondary N) is 1. The number of para-hydroxylation sites is 1. The van der Waals surface area contributed by atoms with Crippen molar-refractivity contribution in [3.8, 4) is 5.75 Å². The molecular weight excluding hydrogens is 399 g/mol. The van der Waals surface area contributed by atoms with Crippen molar-refractivity contribution in [2.24, 2.45) is 0 Å². The Hall–Kier alpha value is -2.85. The monoisotopic (exact) mass is 413 g/mol. The van der Waals surface area contributed by atoms with Gasteiger partial charge in [0.15, 0.2) is 0 Å². The first-order valence-corrected chi connectivity index (χ1v) is 9.43. The van der Waals surface area contributed by atoms with Crippen molar-refractivity contribution in [1.29, 1.82) is 0 Å². The van der Waals surface area contributed by atoms with Crippen LogP contribution in [0.5, 0.6) is 5.75 Å². The first kappa shape index (κ1) is 19.9. The topological polar surface area (TPSA) is 92.7 Å². The zero-order chi connectivity index (χ0) is 20.5. The van der Waals surface area contributed by atoms with Gasteiger partial charge in [-0.1, -0.05) is 42.5 Å². The quantitative estimate of drug-likeness (QED) is 0.786. The van der Waals surface area contributed by atoms with Crippen LogP contribution < -0.4 is 9.46 Å². The molecule has 0 fully saturated rings. The summed E-state index contributed by atoms with van der Waals surface area (Å²) in [5.41, 5.74) is -1.08. The van der Waals surface area contributed by atoms with E-state index in [0.717, 1.165) is 6.07 Å². The highest BCUT2D eigenvalue weighted by molar-refractivity contribution is 7.98. The maximum absolute atomic E-state index is 13.4. The molecular formula is C18H14F3NO5S. The molecule has 1 atom stereocenters. The van der Waals surface area contributed by atoms with Crippen LogP contribution in [0.25, 0.3) is 4.91 Å². The van der Waals surface area contributed by atoms with Gasteiger partial charge in [-0.05, 0) is 17.7 Å². The molecule has 10 heteroatoms. The largest absolute Gasteiger partial charge is 0.478 e. The number of alkyl halides is 3. The van der Waals surface area contributed by atoms with Crippen LogP contribution >= 0.6 is 0 Å². The molecule has 0 aromatic heterocycles. The van der Waals surface area contributed by atoms with Gasteiger partial charge in [0.05, 0.1) is 0 Å². The van der Waals surface area contributed by atoms with Crippen LogP contribution in [-0.2, 0) is 21.4 Å². The Labute approximate surface area is 158 Å². The summed E-state index contributed by atoms with van der Waals surface area (Å²) in [4.78, 5) is 10.7. The van der Waals surface area contributed by atoms with E-state index in [9.17, 15) is 31.5 Å². The Morgan fingerprint density at radius 1 is 1.07 bits per heavy atom. The molecule has 1 aliphatic rings. The molecule has 0 amide bonds. The van der Waals surface area contributed by atoms with E-state index in [-0.39, 0.29) is 17.9 Å². The summed E-state index contributed by atoms with van der Waals surface area (Å²) in [5, 5.41) is 9.39. The zero-order valence-corrected chi connectivity index (χ0v) is 14.9. The number of carboxylic acids is 1. The van der Waals surface area contributed by atoms with Gasteiger partial charge in [-0.25, -0.2) is 17.9 Å². The van der Waals surface area contributed by atoms with Gasteiger partial charge in [-0.3, -0.25) is 0 Å². The van der Waals surface area contributed by atoms with Crippen LogP contribution in [0, 0.1) is 0 Å². The number of rotatable bonds is 5. The third-order valence-electron chi connectivity index (χ3n) is 3.99. The summed E-state index contributed by atoms with van der Waals surface area (Å²) in [5.74, 6) is -2.40. The lowest BCUT2D eigenvalue weighted by atomic mass is 10.0. The number of ether oxygens (including phenoxy) is 1. The Morgan fingerprint density at radius 3 is 2.29 bits per heavy atom. The first-order chi connectivity index (χ1) is 13.1. The van der Waals surface area contributed by atoms with Crippen molar-refractivity contribution in [2.75, 3.05) is 0 Å². The summed E-state index contributed by atoms with van der Waals surface area (Å²) in [6, 6.07) is 13.4. The number of carboxylic acid groups (broad SMARTS) is 1. The summed E-state index contributed by atoms with van der Waals surface area (Å²) in [6.45, 7) is -0.223. The Balaban J connectivity index is 2.15. The first-order valence-electron chi connectivity index (χ1n) is 7.95. The van der Waals surface area contributed by atoms with Gasteiger partial charge in [0, 0.05) is 12.1 Å². The van der Waals surface area contributed by atoms with E-state index in [4.69, 9.17) is 4.74 Å². The third kappa shape index (κ3) is 3.87. The molecule has 6 nitrogen and oxygen atoms in total. The van der Waals surface area contributed by atoms with Crippen LogP contribution in [0.3, 0.4) is 0 Å². The van der Waals surface area contributed by atoms with E-state index in [0.29, 0.717) is 5.56 Å². The molecule has 0 bridgehead atoms. The van der Waals surface area contributed by atoms with Gasteiger partial charge < -0.3 is 9.84 Å². The number of sulfonamides is 1. The fourth-order valence-corrected chi connectivity index (χ4v) is 4.23. The summed E-state index contributed by atoms with van der Waals surface area (Å²) in [7, 11) is -4.61. The van der Waals surface area contributed by atoms with Crippen LogP contribution in [0.4, 0.5) is 13.2 Å².